The molecular formula is C9H19IN6. The van der Waals surface area contributed by atoms with Crippen LogP contribution in [0, 0.1) is 5.92 Å². The number of hydrogen-bond donors (Lipinski definition) is 2. The number of halogens is 1. The number of hydrogen-bond acceptors (Lipinski definition) is 3. The van der Waals surface area contributed by atoms with Gasteiger partial charge in [-0.05, 0) is 5.92 Å². The van der Waals surface area contributed by atoms with Crippen molar-refractivity contribution in [2.24, 2.45) is 23.7 Å². The van der Waals surface area contributed by atoms with E-state index >= 15 is 0 Å². The van der Waals surface area contributed by atoms with Gasteiger partial charge in [0.15, 0.2) is 5.96 Å². The highest BCUT2D eigenvalue weighted by Gasteiger charge is 1.99. The molecule has 0 unspecified atom stereocenters. The molecule has 0 saturated heterocycles. The Bertz CT molecular complexity index is 332. The summed E-state index contributed by atoms with van der Waals surface area (Å²) in [5, 5.41) is 6.98. The van der Waals surface area contributed by atoms with Crippen molar-refractivity contribution in [3.8, 4) is 0 Å². The zero-order chi connectivity index (χ0) is 11.3. The van der Waals surface area contributed by atoms with Crippen LogP contribution >= 0.6 is 24.0 Å². The molecule has 0 spiro atoms. The summed E-state index contributed by atoms with van der Waals surface area (Å²) in [6.07, 6.45) is 1.50. The molecular weight excluding hydrogens is 319 g/mol. The van der Waals surface area contributed by atoms with Gasteiger partial charge in [-0.1, -0.05) is 13.8 Å². The molecule has 7 heteroatoms. The van der Waals surface area contributed by atoms with Crippen LogP contribution in [-0.4, -0.2) is 27.3 Å². The van der Waals surface area contributed by atoms with Crippen molar-refractivity contribution in [1.82, 2.24) is 20.1 Å². The number of guanidine groups is 1. The maximum Gasteiger partial charge on any atom is 0.189 e. The van der Waals surface area contributed by atoms with Crippen LogP contribution in [0.1, 0.15) is 19.7 Å². The molecule has 1 aromatic heterocycles. The van der Waals surface area contributed by atoms with E-state index in [1.54, 1.807) is 4.68 Å². The maximum atomic E-state index is 5.67. The fourth-order valence-corrected chi connectivity index (χ4v) is 0.984. The first-order valence-corrected chi connectivity index (χ1v) is 4.96. The second-order valence-electron chi connectivity index (χ2n) is 3.78. The molecule has 0 aliphatic carbocycles. The Morgan fingerprint density at radius 2 is 2.31 bits per heavy atom. The number of nitrogens with zero attached hydrogens (tertiary/aromatic N) is 4. The Labute approximate surface area is 113 Å². The van der Waals surface area contributed by atoms with Gasteiger partial charge in [-0.3, -0.25) is 4.68 Å². The molecule has 0 radical (unpaired) electrons. The first kappa shape index (κ1) is 15.1. The van der Waals surface area contributed by atoms with Crippen molar-refractivity contribution in [3.63, 3.8) is 0 Å². The van der Waals surface area contributed by atoms with Crippen LogP contribution in [0.5, 0.6) is 0 Å². The molecule has 0 aliphatic heterocycles. The lowest BCUT2D eigenvalue weighted by molar-refractivity contribution is 0.620. The first-order chi connectivity index (χ1) is 7.09. The fourth-order valence-electron chi connectivity index (χ4n) is 0.984. The number of rotatable bonds is 4. The molecule has 1 aromatic rings. The van der Waals surface area contributed by atoms with Gasteiger partial charge in [-0.15, -0.1) is 24.0 Å². The van der Waals surface area contributed by atoms with Crippen LogP contribution in [0.3, 0.4) is 0 Å². The van der Waals surface area contributed by atoms with Gasteiger partial charge >= 0.3 is 0 Å². The van der Waals surface area contributed by atoms with Gasteiger partial charge in [0.05, 0.1) is 0 Å². The largest absolute Gasteiger partial charge is 0.370 e. The van der Waals surface area contributed by atoms with Gasteiger partial charge in [0.25, 0.3) is 0 Å². The first-order valence-electron chi connectivity index (χ1n) is 4.96. The van der Waals surface area contributed by atoms with Crippen LogP contribution in [-0.2, 0) is 13.6 Å². The monoisotopic (exact) mass is 338 g/mol. The lowest BCUT2D eigenvalue weighted by atomic mass is 10.2. The van der Waals surface area contributed by atoms with Gasteiger partial charge in [-0.2, -0.15) is 5.10 Å². The van der Waals surface area contributed by atoms with Crippen molar-refractivity contribution in [2.45, 2.75) is 20.4 Å². The topological polar surface area (TPSA) is 81.1 Å². The van der Waals surface area contributed by atoms with Crippen molar-refractivity contribution >= 4 is 29.9 Å². The Morgan fingerprint density at radius 1 is 1.62 bits per heavy atom. The van der Waals surface area contributed by atoms with E-state index < -0.39 is 0 Å². The average molecular weight is 338 g/mol. The van der Waals surface area contributed by atoms with Gasteiger partial charge < -0.3 is 11.1 Å². The number of nitrogens with two attached hydrogens (primary N) is 1. The summed E-state index contributed by atoms with van der Waals surface area (Å²) in [5.41, 5.74) is 5.67. The molecule has 3 N–H and O–H groups in total. The lowest BCUT2D eigenvalue weighted by Gasteiger charge is -2.07. The van der Waals surface area contributed by atoms with E-state index in [1.165, 1.54) is 6.33 Å². The molecule has 16 heavy (non-hydrogen) atoms. The number of nitrogens with one attached hydrogen (secondary N) is 1. The van der Waals surface area contributed by atoms with E-state index in [0.29, 0.717) is 18.4 Å². The predicted octanol–water partition coefficient (Wildman–Crippen LogP) is 0.493. The van der Waals surface area contributed by atoms with Gasteiger partial charge in [0, 0.05) is 13.6 Å². The van der Waals surface area contributed by atoms with E-state index in [9.17, 15) is 0 Å². The smallest absolute Gasteiger partial charge is 0.189 e. The minimum atomic E-state index is 0. The van der Waals surface area contributed by atoms with Crippen molar-refractivity contribution < 1.29 is 0 Å². The Kier molecular flexibility index (Phi) is 7.02. The molecule has 0 aliphatic rings. The Hall–Kier alpha value is -0.860. The summed E-state index contributed by atoms with van der Waals surface area (Å²) in [5.74, 6) is 1.80. The quantitative estimate of drug-likeness (QED) is 0.476. The molecule has 6 nitrogen and oxygen atoms in total. The average Bonchev–Trinajstić information content (AvgIpc) is 2.58. The van der Waals surface area contributed by atoms with Gasteiger partial charge in [-0.25, -0.2) is 9.98 Å². The molecule has 1 rings (SSSR count). The Morgan fingerprint density at radius 3 is 2.81 bits per heavy atom. The zero-order valence-electron chi connectivity index (χ0n) is 9.84. The van der Waals surface area contributed by atoms with Crippen molar-refractivity contribution in [3.05, 3.63) is 12.2 Å². The molecule has 0 fully saturated rings. The summed E-state index contributed by atoms with van der Waals surface area (Å²) in [4.78, 5) is 8.20. The van der Waals surface area contributed by atoms with Crippen molar-refractivity contribution in [1.29, 1.82) is 0 Å². The van der Waals surface area contributed by atoms with E-state index in [0.717, 1.165) is 12.4 Å². The van der Waals surface area contributed by atoms with Crippen LogP contribution in [0.15, 0.2) is 11.3 Å². The van der Waals surface area contributed by atoms with E-state index in [1.807, 2.05) is 7.05 Å². The number of aryl methyl sites for hydroxylation is 1. The molecule has 0 aromatic carbocycles. The van der Waals surface area contributed by atoms with Crippen LogP contribution < -0.4 is 11.1 Å². The molecule has 0 bridgehead atoms. The van der Waals surface area contributed by atoms with Crippen LogP contribution in [0.4, 0.5) is 0 Å². The highest BCUT2D eigenvalue weighted by atomic mass is 127. The number of aliphatic imine (C=N–C) groups is 1. The van der Waals surface area contributed by atoms with Gasteiger partial charge in [0.1, 0.15) is 18.7 Å². The summed E-state index contributed by atoms with van der Waals surface area (Å²) in [7, 11) is 1.83. The zero-order valence-corrected chi connectivity index (χ0v) is 12.2. The summed E-state index contributed by atoms with van der Waals surface area (Å²) in [6, 6.07) is 0. The molecule has 0 saturated carbocycles. The molecule has 0 amide bonds. The molecule has 92 valence electrons. The Balaban J connectivity index is 0.00000225. The lowest BCUT2D eigenvalue weighted by Crippen LogP contribution is -2.34. The van der Waals surface area contributed by atoms with Gasteiger partial charge in [0.2, 0.25) is 0 Å². The second-order valence-corrected chi connectivity index (χ2v) is 3.78. The predicted molar refractivity (Wildman–Crippen MR) is 74.6 cm³/mol. The van der Waals surface area contributed by atoms with Crippen molar-refractivity contribution in [2.75, 3.05) is 6.54 Å². The minimum absolute atomic E-state index is 0. The summed E-state index contributed by atoms with van der Waals surface area (Å²) >= 11 is 0. The normalized spacial score (nSPS) is 11.4. The third kappa shape index (κ3) is 5.29. The third-order valence-corrected chi connectivity index (χ3v) is 1.89. The maximum absolute atomic E-state index is 5.67. The number of aromatic nitrogens is 3. The molecule has 1 heterocycles. The highest BCUT2D eigenvalue weighted by molar-refractivity contribution is 14.0. The molecule has 0 atom stereocenters. The van der Waals surface area contributed by atoms with Crippen LogP contribution in [0.2, 0.25) is 0 Å². The van der Waals surface area contributed by atoms with E-state index in [2.05, 4.69) is 34.2 Å². The standard InChI is InChI=1S/C9H18N6.HI/c1-7(2)4-11-9(10)12-5-8-13-6-14-15(8)3;/h6-7H,4-5H2,1-3H3,(H3,10,11,12);1H. The van der Waals surface area contributed by atoms with E-state index in [4.69, 9.17) is 5.73 Å². The minimum Gasteiger partial charge on any atom is -0.370 e. The van der Waals surface area contributed by atoms with E-state index in [-0.39, 0.29) is 24.0 Å². The third-order valence-electron chi connectivity index (χ3n) is 1.89. The SMILES string of the molecule is CC(C)CNC(N)=NCc1ncnn1C.I. The fraction of sp³-hybridized carbons (Fsp3) is 0.667. The summed E-state index contributed by atoms with van der Waals surface area (Å²) in [6.45, 7) is 5.51. The van der Waals surface area contributed by atoms with Crippen LogP contribution in [0.25, 0.3) is 0 Å². The second kappa shape index (κ2) is 7.42. The highest BCUT2D eigenvalue weighted by Crippen LogP contribution is 1.93. The summed E-state index contributed by atoms with van der Waals surface area (Å²) < 4.78 is 1.68.